The standard InChI is InChI=1S/C15H20N4O2/c1-10(2)13-17-14(19-18-13)15(20)16-8-7-11-5-4-6-12(9-11)21-3/h4-6,9-10H,7-8H2,1-3H3,(H,16,20)(H,17,18,19). The van der Waals surface area contributed by atoms with Crippen LogP contribution in [-0.4, -0.2) is 34.7 Å². The first-order chi connectivity index (χ1) is 10.1. The number of aromatic amines is 1. The molecule has 2 rings (SSSR count). The van der Waals surface area contributed by atoms with E-state index in [2.05, 4.69) is 20.5 Å². The van der Waals surface area contributed by atoms with Crippen molar-refractivity contribution in [2.75, 3.05) is 13.7 Å². The lowest BCUT2D eigenvalue weighted by Gasteiger charge is -2.05. The Kier molecular flexibility index (Phi) is 4.92. The van der Waals surface area contributed by atoms with Crippen molar-refractivity contribution < 1.29 is 9.53 Å². The molecule has 0 bridgehead atoms. The largest absolute Gasteiger partial charge is 0.497 e. The molecule has 0 saturated heterocycles. The van der Waals surface area contributed by atoms with Crippen molar-refractivity contribution in [1.29, 1.82) is 0 Å². The summed E-state index contributed by atoms with van der Waals surface area (Å²) in [6, 6.07) is 7.78. The van der Waals surface area contributed by atoms with E-state index in [1.807, 2.05) is 38.1 Å². The molecule has 0 saturated carbocycles. The maximum absolute atomic E-state index is 11.9. The first kappa shape index (κ1) is 15.0. The van der Waals surface area contributed by atoms with Crippen LogP contribution in [0, 0.1) is 0 Å². The molecule has 2 N–H and O–H groups in total. The highest BCUT2D eigenvalue weighted by atomic mass is 16.5. The molecule has 112 valence electrons. The highest BCUT2D eigenvalue weighted by molar-refractivity contribution is 5.90. The molecular formula is C15H20N4O2. The fourth-order valence-corrected chi connectivity index (χ4v) is 1.86. The molecule has 0 fully saturated rings. The minimum absolute atomic E-state index is 0.185. The van der Waals surface area contributed by atoms with Gasteiger partial charge in [-0.2, -0.15) is 0 Å². The number of hydrogen-bond acceptors (Lipinski definition) is 4. The number of carbonyl (C=O) groups excluding carboxylic acids is 1. The number of nitrogens with zero attached hydrogens (tertiary/aromatic N) is 2. The Morgan fingerprint density at radius 2 is 2.24 bits per heavy atom. The summed E-state index contributed by atoms with van der Waals surface area (Å²) >= 11 is 0. The van der Waals surface area contributed by atoms with Crippen molar-refractivity contribution in [1.82, 2.24) is 20.5 Å². The van der Waals surface area contributed by atoms with Crippen molar-refractivity contribution in [3.8, 4) is 5.75 Å². The van der Waals surface area contributed by atoms with Crippen LogP contribution >= 0.6 is 0 Å². The Hall–Kier alpha value is -2.37. The molecule has 0 spiro atoms. The summed E-state index contributed by atoms with van der Waals surface area (Å²) < 4.78 is 5.17. The van der Waals surface area contributed by atoms with E-state index < -0.39 is 0 Å². The van der Waals surface area contributed by atoms with Gasteiger partial charge in [0.1, 0.15) is 11.6 Å². The summed E-state index contributed by atoms with van der Waals surface area (Å²) in [6.45, 7) is 4.51. The van der Waals surface area contributed by atoms with Gasteiger partial charge in [-0.05, 0) is 24.1 Å². The fourth-order valence-electron chi connectivity index (χ4n) is 1.86. The van der Waals surface area contributed by atoms with E-state index in [1.54, 1.807) is 7.11 Å². The van der Waals surface area contributed by atoms with Gasteiger partial charge < -0.3 is 10.1 Å². The van der Waals surface area contributed by atoms with Crippen molar-refractivity contribution in [2.24, 2.45) is 0 Å². The number of ether oxygens (including phenoxy) is 1. The number of amides is 1. The third-order valence-electron chi connectivity index (χ3n) is 3.09. The second-order valence-corrected chi connectivity index (χ2v) is 5.06. The van der Waals surface area contributed by atoms with E-state index in [1.165, 1.54) is 0 Å². The van der Waals surface area contributed by atoms with Crippen molar-refractivity contribution in [2.45, 2.75) is 26.2 Å². The lowest BCUT2D eigenvalue weighted by molar-refractivity contribution is 0.0944. The first-order valence-electron chi connectivity index (χ1n) is 6.93. The second kappa shape index (κ2) is 6.88. The van der Waals surface area contributed by atoms with Crippen LogP contribution < -0.4 is 10.1 Å². The summed E-state index contributed by atoms with van der Waals surface area (Å²) in [5, 5.41) is 9.51. The van der Waals surface area contributed by atoms with Gasteiger partial charge in [0.05, 0.1) is 7.11 Å². The predicted octanol–water partition coefficient (Wildman–Crippen LogP) is 1.91. The average Bonchev–Trinajstić information content (AvgIpc) is 2.97. The van der Waals surface area contributed by atoms with E-state index in [4.69, 9.17) is 4.74 Å². The van der Waals surface area contributed by atoms with E-state index in [9.17, 15) is 4.79 Å². The van der Waals surface area contributed by atoms with Gasteiger partial charge >= 0.3 is 0 Å². The van der Waals surface area contributed by atoms with Crippen LogP contribution in [-0.2, 0) is 6.42 Å². The molecule has 0 aliphatic carbocycles. The zero-order valence-corrected chi connectivity index (χ0v) is 12.5. The summed E-state index contributed by atoms with van der Waals surface area (Å²) in [7, 11) is 1.64. The van der Waals surface area contributed by atoms with Gasteiger partial charge in [-0.3, -0.25) is 9.89 Å². The molecule has 21 heavy (non-hydrogen) atoms. The maximum atomic E-state index is 11.9. The van der Waals surface area contributed by atoms with Crippen LogP contribution in [0.25, 0.3) is 0 Å². The lowest BCUT2D eigenvalue weighted by atomic mass is 10.1. The minimum Gasteiger partial charge on any atom is -0.497 e. The minimum atomic E-state index is -0.263. The molecular weight excluding hydrogens is 268 g/mol. The lowest BCUT2D eigenvalue weighted by Crippen LogP contribution is -2.26. The maximum Gasteiger partial charge on any atom is 0.290 e. The van der Waals surface area contributed by atoms with Gasteiger partial charge in [0.25, 0.3) is 5.91 Å². The summed E-state index contributed by atoms with van der Waals surface area (Å²) in [6.07, 6.45) is 0.727. The molecule has 6 nitrogen and oxygen atoms in total. The zero-order chi connectivity index (χ0) is 15.2. The van der Waals surface area contributed by atoms with Gasteiger partial charge in [-0.25, -0.2) is 4.98 Å². The number of benzene rings is 1. The quantitative estimate of drug-likeness (QED) is 0.851. The number of H-pyrrole nitrogens is 1. The van der Waals surface area contributed by atoms with E-state index in [0.29, 0.717) is 12.4 Å². The van der Waals surface area contributed by atoms with Gasteiger partial charge in [0.15, 0.2) is 0 Å². The second-order valence-electron chi connectivity index (χ2n) is 5.06. The topological polar surface area (TPSA) is 79.9 Å². The number of carbonyl (C=O) groups is 1. The molecule has 0 aliphatic rings. The number of nitrogens with one attached hydrogen (secondary N) is 2. The fraction of sp³-hybridized carbons (Fsp3) is 0.400. The molecule has 0 aliphatic heterocycles. The van der Waals surface area contributed by atoms with Crippen LogP contribution in [0.5, 0.6) is 5.75 Å². The van der Waals surface area contributed by atoms with Gasteiger partial charge in [-0.15, -0.1) is 5.10 Å². The van der Waals surface area contributed by atoms with Crippen molar-refractivity contribution in [3.05, 3.63) is 41.5 Å². The smallest absolute Gasteiger partial charge is 0.290 e. The molecule has 1 heterocycles. The van der Waals surface area contributed by atoms with Gasteiger partial charge in [0.2, 0.25) is 5.82 Å². The number of hydrogen-bond donors (Lipinski definition) is 2. The number of rotatable bonds is 6. The molecule has 6 heteroatoms. The normalized spacial score (nSPS) is 10.7. The van der Waals surface area contributed by atoms with Crippen LogP contribution in [0.1, 0.15) is 41.8 Å². The monoisotopic (exact) mass is 288 g/mol. The average molecular weight is 288 g/mol. The van der Waals surface area contributed by atoms with Crippen molar-refractivity contribution >= 4 is 5.91 Å². The predicted molar refractivity (Wildman–Crippen MR) is 79.5 cm³/mol. The molecule has 2 aromatic rings. The van der Waals surface area contributed by atoms with Crippen LogP contribution in [0.2, 0.25) is 0 Å². The first-order valence-corrected chi connectivity index (χ1v) is 6.93. The van der Waals surface area contributed by atoms with Crippen LogP contribution in [0.4, 0.5) is 0 Å². The summed E-state index contributed by atoms with van der Waals surface area (Å²) in [5.74, 6) is 1.67. The van der Waals surface area contributed by atoms with Crippen molar-refractivity contribution in [3.63, 3.8) is 0 Å². The Balaban J connectivity index is 1.86. The molecule has 1 aromatic heterocycles. The Morgan fingerprint density at radius 1 is 1.43 bits per heavy atom. The van der Waals surface area contributed by atoms with Gasteiger partial charge in [0, 0.05) is 12.5 Å². The summed E-state index contributed by atoms with van der Waals surface area (Å²) in [4.78, 5) is 16.1. The van der Waals surface area contributed by atoms with Crippen LogP contribution in [0.3, 0.4) is 0 Å². The Labute approximate surface area is 123 Å². The SMILES string of the molecule is COc1cccc(CCNC(=O)c2n[nH]c(C(C)C)n2)c1. The third-order valence-corrected chi connectivity index (χ3v) is 3.09. The zero-order valence-electron chi connectivity index (χ0n) is 12.5. The van der Waals surface area contributed by atoms with Crippen LogP contribution in [0.15, 0.2) is 24.3 Å². The number of aromatic nitrogens is 3. The molecule has 0 atom stereocenters. The Morgan fingerprint density at radius 3 is 2.90 bits per heavy atom. The third kappa shape index (κ3) is 4.05. The molecule has 1 amide bonds. The van der Waals surface area contributed by atoms with E-state index in [0.717, 1.165) is 17.7 Å². The van der Waals surface area contributed by atoms with E-state index >= 15 is 0 Å². The molecule has 0 radical (unpaired) electrons. The van der Waals surface area contributed by atoms with E-state index in [-0.39, 0.29) is 17.6 Å². The molecule has 1 aromatic carbocycles. The highest BCUT2D eigenvalue weighted by Crippen LogP contribution is 2.12. The number of methoxy groups -OCH3 is 1. The molecule has 0 unspecified atom stereocenters. The van der Waals surface area contributed by atoms with Gasteiger partial charge in [-0.1, -0.05) is 26.0 Å². The summed E-state index contributed by atoms with van der Waals surface area (Å²) in [5.41, 5.74) is 1.10. The Bertz CT molecular complexity index is 607. The highest BCUT2D eigenvalue weighted by Gasteiger charge is 2.13.